The van der Waals surface area contributed by atoms with Gasteiger partial charge in [0, 0.05) is 45.8 Å². The summed E-state index contributed by atoms with van der Waals surface area (Å²) in [5.41, 5.74) is 0.421. The van der Waals surface area contributed by atoms with Gasteiger partial charge in [0.15, 0.2) is 5.96 Å². The second-order valence-corrected chi connectivity index (χ2v) is 6.88. The third-order valence-electron chi connectivity index (χ3n) is 4.31. The molecule has 2 aliphatic heterocycles. The van der Waals surface area contributed by atoms with Crippen LogP contribution in [0.4, 0.5) is 0 Å². The molecule has 6 heteroatoms. The van der Waals surface area contributed by atoms with E-state index in [1.54, 1.807) is 0 Å². The molecular formula is C16H33IN4O. The Morgan fingerprint density at radius 1 is 1.23 bits per heavy atom. The molecule has 0 aliphatic carbocycles. The zero-order valence-electron chi connectivity index (χ0n) is 14.4. The number of guanidine groups is 1. The van der Waals surface area contributed by atoms with Gasteiger partial charge in [-0.05, 0) is 25.2 Å². The van der Waals surface area contributed by atoms with Crippen molar-refractivity contribution in [2.75, 3.05) is 59.0 Å². The molecule has 0 spiro atoms. The summed E-state index contributed by atoms with van der Waals surface area (Å²) in [6.07, 6.45) is 2.39. The van der Waals surface area contributed by atoms with Gasteiger partial charge in [-0.1, -0.05) is 13.8 Å². The summed E-state index contributed by atoms with van der Waals surface area (Å²) in [7, 11) is 0. The normalized spacial score (nSPS) is 22.5. The van der Waals surface area contributed by atoms with E-state index in [2.05, 4.69) is 35.9 Å². The second kappa shape index (κ2) is 9.93. The van der Waals surface area contributed by atoms with Gasteiger partial charge in [-0.15, -0.1) is 24.0 Å². The van der Waals surface area contributed by atoms with Crippen molar-refractivity contribution in [3.63, 3.8) is 0 Å². The average Bonchev–Trinajstić information content (AvgIpc) is 2.83. The van der Waals surface area contributed by atoms with E-state index in [0.29, 0.717) is 5.41 Å². The molecule has 130 valence electrons. The van der Waals surface area contributed by atoms with Gasteiger partial charge in [0.25, 0.3) is 0 Å². The number of hydrogen-bond donors (Lipinski definition) is 1. The van der Waals surface area contributed by atoms with Gasteiger partial charge in [-0.3, -0.25) is 9.89 Å². The Morgan fingerprint density at radius 2 is 1.95 bits per heavy atom. The predicted octanol–water partition coefficient (Wildman–Crippen LogP) is 2.02. The van der Waals surface area contributed by atoms with E-state index >= 15 is 0 Å². The van der Waals surface area contributed by atoms with Crippen molar-refractivity contribution < 1.29 is 4.74 Å². The van der Waals surface area contributed by atoms with Gasteiger partial charge in [0.05, 0.1) is 13.2 Å². The molecule has 2 heterocycles. The molecule has 2 aliphatic rings. The maximum absolute atomic E-state index is 5.38. The minimum Gasteiger partial charge on any atom is -0.379 e. The highest BCUT2D eigenvalue weighted by Crippen LogP contribution is 2.28. The number of nitrogens with zero attached hydrogens (tertiary/aromatic N) is 3. The number of morpholine rings is 1. The quantitative estimate of drug-likeness (QED) is 0.317. The molecule has 5 nitrogen and oxygen atoms in total. The predicted molar refractivity (Wildman–Crippen MR) is 103 cm³/mol. The van der Waals surface area contributed by atoms with Gasteiger partial charge in [-0.2, -0.15) is 0 Å². The first-order chi connectivity index (χ1) is 10.1. The molecule has 0 aromatic heterocycles. The van der Waals surface area contributed by atoms with Crippen molar-refractivity contribution in [2.45, 2.75) is 33.6 Å². The van der Waals surface area contributed by atoms with Crippen molar-refractivity contribution >= 4 is 29.9 Å². The maximum atomic E-state index is 5.38. The van der Waals surface area contributed by atoms with E-state index in [4.69, 9.17) is 9.73 Å². The fourth-order valence-corrected chi connectivity index (χ4v) is 3.02. The molecule has 2 rings (SSSR count). The van der Waals surface area contributed by atoms with Crippen LogP contribution in [0, 0.1) is 5.41 Å². The van der Waals surface area contributed by atoms with Crippen molar-refractivity contribution in [1.29, 1.82) is 0 Å². The summed E-state index contributed by atoms with van der Waals surface area (Å²) >= 11 is 0. The topological polar surface area (TPSA) is 40.1 Å². The first-order valence-corrected chi connectivity index (χ1v) is 8.44. The van der Waals surface area contributed by atoms with Gasteiger partial charge >= 0.3 is 0 Å². The van der Waals surface area contributed by atoms with Crippen molar-refractivity contribution in [3.8, 4) is 0 Å². The van der Waals surface area contributed by atoms with Crippen molar-refractivity contribution in [2.24, 2.45) is 10.4 Å². The van der Waals surface area contributed by atoms with Crippen LogP contribution < -0.4 is 5.32 Å². The van der Waals surface area contributed by atoms with Gasteiger partial charge in [-0.25, -0.2) is 0 Å². The van der Waals surface area contributed by atoms with Gasteiger partial charge in [0.1, 0.15) is 0 Å². The monoisotopic (exact) mass is 424 g/mol. The third-order valence-corrected chi connectivity index (χ3v) is 4.31. The number of hydrogen-bond acceptors (Lipinski definition) is 3. The Balaban J connectivity index is 0.00000242. The molecule has 2 saturated heterocycles. The zero-order valence-corrected chi connectivity index (χ0v) is 16.8. The fraction of sp³-hybridized carbons (Fsp3) is 0.938. The molecule has 0 amide bonds. The summed E-state index contributed by atoms with van der Waals surface area (Å²) in [5.74, 6) is 1.10. The van der Waals surface area contributed by atoms with Crippen LogP contribution in [0.3, 0.4) is 0 Å². The van der Waals surface area contributed by atoms with Crippen LogP contribution in [-0.2, 0) is 4.74 Å². The number of ether oxygens (including phenoxy) is 1. The van der Waals surface area contributed by atoms with Crippen molar-refractivity contribution in [1.82, 2.24) is 15.1 Å². The van der Waals surface area contributed by atoms with Gasteiger partial charge in [0.2, 0.25) is 0 Å². The number of aliphatic imine (C=N–C) groups is 1. The van der Waals surface area contributed by atoms with Crippen LogP contribution in [0.15, 0.2) is 4.99 Å². The lowest BCUT2D eigenvalue weighted by molar-refractivity contribution is 0.0377. The van der Waals surface area contributed by atoms with Crippen LogP contribution >= 0.6 is 24.0 Å². The Labute approximate surface area is 152 Å². The molecule has 0 aromatic carbocycles. The zero-order chi connectivity index (χ0) is 15.1. The molecule has 0 saturated carbocycles. The molecule has 0 unspecified atom stereocenters. The average molecular weight is 424 g/mol. The van der Waals surface area contributed by atoms with E-state index in [1.807, 2.05) is 0 Å². The summed E-state index contributed by atoms with van der Waals surface area (Å²) in [6.45, 7) is 16.0. The molecule has 2 fully saturated rings. The van der Waals surface area contributed by atoms with E-state index in [0.717, 1.165) is 71.4 Å². The Hall–Kier alpha value is -0.0800. The highest BCUT2D eigenvalue weighted by atomic mass is 127. The SMILES string of the molecule is CCNC(=NCCCN1CCOCC1)N1CCC(C)(C)C1.I. The number of rotatable bonds is 5. The minimum absolute atomic E-state index is 0. The van der Waals surface area contributed by atoms with Crippen LogP contribution in [0.2, 0.25) is 0 Å². The molecule has 0 bridgehead atoms. The molecule has 22 heavy (non-hydrogen) atoms. The first-order valence-electron chi connectivity index (χ1n) is 8.44. The lowest BCUT2D eigenvalue weighted by Gasteiger charge is -2.26. The Kier molecular flexibility index (Phi) is 9.01. The number of halogens is 1. The highest BCUT2D eigenvalue weighted by Gasteiger charge is 2.30. The summed E-state index contributed by atoms with van der Waals surface area (Å²) in [5, 5.41) is 3.44. The van der Waals surface area contributed by atoms with E-state index in [-0.39, 0.29) is 24.0 Å². The smallest absolute Gasteiger partial charge is 0.193 e. The lowest BCUT2D eigenvalue weighted by atomic mass is 9.93. The summed E-state index contributed by atoms with van der Waals surface area (Å²) < 4.78 is 5.38. The third kappa shape index (κ3) is 6.58. The molecule has 1 N–H and O–H groups in total. The molecule has 0 atom stereocenters. The maximum Gasteiger partial charge on any atom is 0.193 e. The van der Waals surface area contributed by atoms with Crippen LogP contribution in [0.25, 0.3) is 0 Å². The van der Waals surface area contributed by atoms with Crippen molar-refractivity contribution in [3.05, 3.63) is 0 Å². The number of nitrogens with one attached hydrogen (secondary N) is 1. The minimum atomic E-state index is 0. The highest BCUT2D eigenvalue weighted by molar-refractivity contribution is 14.0. The molecule has 0 aromatic rings. The fourth-order valence-electron chi connectivity index (χ4n) is 3.02. The summed E-state index contributed by atoms with van der Waals surface area (Å²) in [6, 6.07) is 0. The van der Waals surface area contributed by atoms with E-state index in [9.17, 15) is 0 Å². The van der Waals surface area contributed by atoms with E-state index < -0.39 is 0 Å². The Bertz CT molecular complexity index is 343. The lowest BCUT2D eigenvalue weighted by Crippen LogP contribution is -2.41. The number of likely N-dealkylation sites (tertiary alicyclic amines) is 1. The van der Waals surface area contributed by atoms with Crippen LogP contribution in [0.1, 0.15) is 33.6 Å². The molecule has 0 radical (unpaired) electrons. The van der Waals surface area contributed by atoms with Crippen LogP contribution in [-0.4, -0.2) is 74.8 Å². The standard InChI is InChI=1S/C16H32N4O.HI/c1-4-17-15(20-9-6-16(2,3)14-20)18-7-5-8-19-10-12-21-13-11-19;/h4-14H2,1-3H3,(H,17,18);1H. The first kappa shape index (κ1) is 20.0. The second-order valence-electron chi connectivity index (χ2n) is 6.88. The Morgan fingerprint density at radius 3 is 2.55 bits per heavy atom. The van der Waals surface area contributed by atoms with E-state index in [1.165, 1.54) is 6.42 Å². The van der Waals surface area contributed by atoms with Crippen LogP contribution in [0.5, 0.6) is 0 Å². The molecular weight excluding hydrogens is 391 g/mol. The largest absolute Gasteiger partial charge is 0.379 e. The van der Waals surface area contributed by atoms with Gasteiger partial charge < -0.3 is 15.0 Å². The summed E-state index contributed by atoms with van der Waals surface area (Å²) in [4.78, 5) is 9.71.